The van der Waals surface area contributed by atoms with Crippen molar-refractivity contribution in [3.63, 3.8) is 0 Å². The maximum Gasteiger partial charge on any atom is 0.271 e. The van der Waals surface area contributed by atoms with Gasteiger partial charge in [-0.3, -0.25) is 4.72 Å². The van der Waals surface area contributed by atoms with Crippen molar-refractivity contribution in [3.8, 4) is 0 Å². The number of piperidine rings is 1. The van der Waals surface area contributed by atoms with Crippen LogP contribution in [0, 0.1) is 6.92 Å². The number of nitrogens with one attached hydrogen (secondary N) is 1. The summed E-state index contributed by atoms with van der Waals surface area (Å²) in [6.07, 6.45) is 2.70. The van der Waals surface area contributed by atoms with E-state index in [1.807, 2.05) is 0 Å². The number of hydrogen-bond donors (Lipinski definition) is 1. The predicted octanol–water partition coefficient (Wildman–Crippen LogP) is 3.69. The van der Waals surface area contributed by atoms with Gasteiger partial charge in [-0.2, -0.15) is 4.31 Å². The van der Waals surface area contributed by atoms with Gasteiger partial charge in [0.25, 0.3) is 10.0 Å². The normalized spacial score (nSPS) is 16.5. The maximum absolute atomic E-state index is 12.9. The maximum atomic E-state index is 12.9. The molecule has 1 N–H and O–H groups in total. The van der Waals surface area contributed by atoms with Gasteiger partial charge < -0.3 is 0 Å². The first-order valence-corrected chi connectivity index (χ1v) is 12.2. The highest BCUT2D eigenvalue weighted by atomic mass is 35.5. The lowest BCUT2D eigenvalue weighted by atomic mass is 10.2. The first-order valence-electron chi connectivity index (χ1n) is 8.09. The number of anilines is 1. The second-order valence-electron chi connectivity index (χ2n) is 6.11. The summed E-state index contributed by atoms with van der Waals surface area (Å²) in [6.45, 7) is 2.69. The summed E-state index contributed by atoms with van der Waals surface area (Å²) in [5.41, 5.74) is 0.786. The van der Waals surface area contributed by atoms with Crippen LogP contribution < -0.4 is 4.72 Å². The second-order valence-corrected chi connectivity index (χ2v) is 11.6. The van der Waals surface area contributed by atoms with Gasteiger partial charge in [0.2, 0.25) is 10.0 Å². The molecule has 0 spiro atoms. The number of halogens is 1. The molecule has 0 saturated carbocycles. The number of nitrogens with zero attached hydrogens (tertiary/aromatic N) is 1. The molecule has 1 aliphatic heterocycles. The first-order chi connectivity index (χ1) is 12.2. The topological polar surface area (TPSA) is 83.5 Å². The highest BCUT2D eigenvalue weighted by Gasteiger charge is 2.28. The van der Waals surface area contributed by atoms with Crippen LogP contribution in [-0.2, 0) is 20.0 Å². The van der Waals surface area contributed by atoms with Crippen molar-refractivity contribution in [1.82, 2.24) is 4.31 Å². The third-order valence-corrected chi connectivity index (χ3v) is 9.33. The van der Waals surface area contributed by atoms with E-state index < -0.39 is 20.0 Å². The molecule has 142 valence electrons. The molecule has 0 bridgehead atoms. The Hall–Kier alpha value is -1.13. The van der Waals surface area contributed by atoms with E-state index in [4.69, 9.17) is 11.6 Å². The molecule has 1 aliphatic rings. The van der Waals surface area contributed by atoms with E-state index >= 15 is 0 Å². The van der Waals surface area contributed by atoms with Gasteiger partial charge in [0.1, 0.15) is 4.21 Å². The second kappa shape index (κ2) is 7.47. The van der Waals surface area contributed by atoms with Crippen molar-refractivity contribution < 1.29 is 16.8 Å². The Bertz CT molecular complexity index is 1010. The lowest BCUT2D eigenvalue weighted by Crippen LogP contribution is -2.36. The average molecular weight is 435 g/mol. The Balaban J connectivity index is 1.93. The van der Waals surface area contributed by atoms with Crippen LogP contribution in [0.4, 0.5) is 5.69 Å². The van der Waals surface area contributed by atoms with Crippen LogP contribution in [0.5, 0.6) is 0 Å². The van der Waals surface area contributed by atoms with Gasteiger partial charge in [-0.05, 0) is 49.6 Å². The molecule has 0 radical (unpaired) electrons. The number of rotatable bonds is 5. The Morgan fingerprint density at radius 2 is 1.73 bits per heavy atom. The number of thiophene rings is 1. The molecule has 1 aromatic carbocycles. The van der Waals surface area contributed by atoms with E-state index in [-0.39, 0.29) is 14.8 Å². The van der Waals surface area contributed by atoms with Gasteiger partial charge >= 0.3 is 0 Å². The molecule has 2 heterocycles. The fourth-order valence-electron chi connectivity index (χ4n) is 2.83. The summed E-state index contributed by atoms with van der Waals surface area (Å²) >= 11 is 6.74. The van der Waals surface area contributed by atoms with Gasteiger partial charge in [-0.25, -0.2) is 16.8 Å². The lowest BCUT2D eigenvalue weighted by molar-refractivity contribution is 0.346. The summed E-state index contributed by atoms with van der Waals surface area (Å²) in [7, 11) is -7.47. The summed E-state index contributed by atoms with van der Waals surface area (Å²) in [4.78, 5) is 0.129. The molecular weight excluding hydrogens is 416 g/mol. The van der Waals surface area contributed by atoms with Crippen molar-refractivity contribution in [2.24, 2.45) is 0 Å². The molecule has 2 aromatic rings. The standard InChI is InChI=1S/C16H19ClN2O4S3/c1-12-5-6-13(18-25(20,21)16-8-7-15(17)24-16)11-14(12)26(22,23)19-9-3-2-4-10-19/h5-8,11,18H,2-4,9-10H2,1H3. The van der Waals surface area contributed by atoms with E-state index in [0.29, 0.717) is 23.0 Å². The fourth-order valence-corrected chi connectivity index (χ4v) is 7.13. The summed E-state index contributed by atoms with van der Waals surface area (Å²) < 4.78 is 55.1. The van der Waals surface area contributed by atoms with Crippen molar-refractivity contribution >= 4 is 48.7 Å². The number of benzene rings is 1. The molecule has 1 aromatic heterocycles. The fraction of sp³-hybridized carbons (Fsp3) is 0.375. The quantitative estimate of drug-likeness (QED) is 0.777. The van der Waals surface area contributed by atoms with Crippen LogP contribution >= 0.6 is 22.9 Å². The van der Waals surface area contributed by atoms with Crippen LogP contribution in [0.3, 0.4) is 0 Å². The zero-order valence-corrected chi connectivity index (χ0v) is 17.3. The smallest absolute Gasteiger partial charge is 0.271 e. The van der Waals surface area contributed by atoms with Gasteiger partial charge in [0.05, 0.1) is 14.9 Å². The largest absolute Gasteiger partial charge is 0.279 e. The first kappa shape index (κ1) is 19.6. The van der Waals surface area contributed by atoms with Gasteiger partial charge in [-0.1, -0.05) is 24.1 Å². The van der Waals surface area contributed by atoms with Crippen LogP contribution in [0.15, 0.2) is 39.4 Å². The van der Waals surface area contributed by atoms with E-state index in [1.165, 1.54) is 22.5 Å². The summed E-state index contributed by atoms with van der Waals surface area (Å²) in [5, 5.41) is 0. The Morgan fingerprint density at radius 1 is 1.04 bits per heavy atom. The van der Waals surface area contributed by atoms with Gasteiger partial charge in [-0.15, -0.1) is 11.3 Å². The Labute approximate surface area is 162 Å². The van der Waals surface area contributed by atoms with Crippen LogP contribution in [0.25, 0.3) is 0 Å². The van der Waals surface area contributed by atoms with Gasteiger partial charge in [0, 0.05) is 13.1 Å². The monoisotopic (exact) mass is 434 g/mol. The molecule has 1 fully saturated rings. The van der Waals surface area contributed by atoms with Crippen LogP contribution in [0.1, 0.15) is 24.8 Å². The Morgan fingerprint density at radius 3 is 2.35 bits per heavy atom. The Kier molecular flexibility index (Phi) is 5.64. The van der Waals surface area contributed by atoms with Crippen molar-refractivity contribution in [3.05, 3.63) is 40.2 Å². The molecule has 3 rings (SSSR count). The molecular formula is C16H19ClN2O4S3. The van der Waals surface area contributed by atoms with E-state index in [1.54, 1.807) is 19.1 Å². The molecule has 0 aliphatic carbocycles. The zero-order chi connectivity index (χ0) is 18.9. The molecule has 6 nitrogen and oxygen atoms in total. The number of aryl methyl sites for hydroxylation is 1. The molecule has 1 saturated heterocycles. The van der Waals surface area contributed by atoms with E-state index in [2.05, 4.69) is 4.72 Å². The minimum Gasteiger partial charge on any atom is -0.279 e. The molecule has 0 amide bonds. The predicted molar refractivity (Wildman–Crippen MR) is 104 cm³/mol. The molecule has 0 unspecified atom stereocenters. The van der Waals surface area contributed by atoms with Crippen molar-refractivity contribution in [2.75, 3.05) is 17.8 Å². The van der Waals surface area contributed by atoms with Crippen molar-refractivity contribution in [1.29, 1.82) is 0 Å². The zero-order valence-electron chi connectivity index (χ0n) is 14.1. The molecule has 0 atom stereocenters. The van der Waals surface area contributed by atoms with Crippen molar-refractivity contribution in [2.45, 2.75) is 35.3 Å². The van der Waals surface area contributed by atoms with E-state index in [0.717, 1.165) is 30.6 Å². The van der Waals surface area contributed by atoms with Gasteiger partial charge in [0.15, 0.2) is 0 Å². The average Bonchev–Trinajstić information content (AvgIpc) is 3.04. The third kappa shape index (κ3) is 4.07. The molecule has 10 heteroatoms. The number of sulfonamides is 2. The minimum atomic E-state index is -3.82. The summed E-state index contributed by atoms with van der Waals surface area (Å²) in [6, 6.07) is 7.45. The van der Waals surface area contributed by atoms with Crippen LogP contribution in [0.2, 0.25) is 4.34 Å². The number of hydrogen-bond acceptors (Lipinski definition) is 5. The van der Waals surface area contributed by atoms with E-state index in [9.17, 15) is 16.8 Å². The highest BCUT2D eigenvalue weighted by molar-refractivity contribution is 7.94. The highest BCUT2D eigenvalue weighted by Crippen LogP contribution is 2.29. The lowest BCUT2D eigenvalue weighted by Gasteiger charge is -2.26. The summed E-state index contributed by atoms with van der Waals surface area (Å²) in [5.74, 6) is 0. The molecule has 26 heavy (non-hydrogen) atoms. The van der Waals surface area contributed by atoms with Crippen LogP contribution in [-0.4, -0.2) is 34.2 Å². The minimum absolute atomic E-state index is 0.0727. The SMILES string of the molecule is Cc1ccc(NS(=O)(=O)c2ccc(Cl)s2)cc1S(=O)(=O)N1CCCCC1. The third-order valence-electron chi connectivity index (χ3n) is 4.19.